The molecule has 3 aliphatic rings. The standard InChI is InChI=1S/C31H37NO11S/c1-15(30(39)32-21-22(34)24(36)29-28(23(21)35)40-14-41-29)10-18-8-9-20(19(33)11-18)42-31-26(38)25(37)27(43-31)16(2)12-44-13-17-6-4-3-5-7-17/h3-12,21-29,31,33-38H,13-14H2,1-2H3,(H,32,39)/t21-,22+,23-,24-,25+,26+,27-,28+,29-,31-/m1/s1. The summed E-state index contributed by atoms with van der Waals surface area (Å²) in [5, 5.41) is 67.5. The molecule has 10 atom stereocenters. The first-order chi connectivity index (χ1) is 21.0. The van der Waals surface area contributed by atoms with Gasteiger partial charge in [0, 0.05) is 11.3 Å². The van der Waals surface area contributed by atoms with Crippen LogP contribution in [0.4, 0.5) is 0 Å². The van der Waals surface area contributed by atoms with Gasteiger partial charge >= 0.3 is 0 Å². The van der Waals surface area contributed by atoms with E-state index in [0.29, 0.717) is 11.1 Å². The molecule has 1 aliphatic carbocycles. The summed E-state index contributed by atoms with van der Waals surface area (Å²) in [5.74, 6) is -0.183. The lowest BCUT2D eigenvalue weighted by Crippen LogP contribution is -2.67. The molecule has 238 valence electrons. The molecule has 0 spiro atoms. The van der Waals surface area contributed by atoms with Gasteiger partial charge < -0.3 is 54.9 Å². The van der Waals surface area contributed by atoms with Crippen LogP contribution in [-0.4, -0.2) is 105 Å². The van der Waals surface area contributed by atoms with Crippen molar-refractivity contribution in [3.05, 3.63) is 76.2 Å². The number of benzene rings is 2. The number of phenolic OH excluding ortho intramolecular Hbond substituents is 1. The van der Waals surface area contributed by atoms with E-state index < -0.39 is 67.1 Å². The maximum atomic E-state index is 12.9. The molecule has 1 amide bonds. The van der Waals surface area contributed by atoms with E-state index in [2.05, 4.69) is 5.32 Å². The quantitative estimate of drug-likeness (QED) is 0.193. The van der Waals surface area contributed by atoms with Crippen LogP contribution in [-0.2, 0) is 24.8 Å². The Morgan fingerprint density at radius 3 is 2.36 bits per heavy atom. The lowest BCUT2D eigenvalue weighted by atomic mass is 9.83. The summed E-state index contributed by atoms with van der Waals surface area (Å²) in [4.78, 5) is 12.9. The molecule has 1 saturated carbocycles. The van der Waals surface area contributed by atoms with Gasteiger partial charge in [0.1, 0.15) is 55.6 Å². The molecule has 2 aromatic rings. The molecule has 13 heteroatoms. The molecule has 0 bridgehead atoms. The van der Waals surface area contributed by atoms with Gasteiger partial charge in [-0.15, -0.1) is 11.8 Å². The number of phenols is 1. The Morgan fingerprint density at radius 2 is 1.66 bits per heavy atom. The van der Waals surface area contributed by atoms with E-state index in [1.165, 1.54) is 36.9 Å². The van der Waals surface area contributed by atoms with Crippen LogP contribution in [0.3, 0.4) is 0 Å². The Kier molecular flexibility index (Phi) is 10.3. The predicted octanol–water partition coefficient (Wildman–Crippen LogP) is 0.781. The fourth-order valence-corrected chi connectivity index (χ4v) is 6.28. The molecular formula is C31H37NO11S. The first-order valence-corrected chi connectivity index (χ1v) is 15.2. The number of nitrogens with one attached hydrogen (secondary N) is 1. The van der Waals surface area contributed by atoms with E-state index in [9.17, 15) is 35.4 Å². The highest BCUT2D eigenvalue weighted by atomic mass is 32.2. The highest BCUT2D eigenvalue weighted by Crippen LogP contribution is 2.34. The van der Waals surface area contributed by atoms with E-state index >= 15 is 0 Å². The average Bonchev–Trinajstić information content (AvgIpc) is 3.61. The maximum Gasteiger partial charge on any atom is 0.247 e. The molecule has 0 aromatic heterocycles. The number of carbonyl (C=O) groups is 1. The van der Waals surface area contributed by atoms with Gasteiger partial charge in [-0.25, -0.2) is 0 Å². The summed E-state index contributed by atoms with van der Waals surface area (Å²) < 4.78 is 22.0. The van der Waals surface area contributed by atoms with E-state index in [4.69, 9.17) is 18.9 Å². The van der Waals surface area contributed by atoms with Crippen molar-refractivity contribution in [2.45, 2.75) is 80.8 Å². The van der Waals surface area contributed by atoms with E-state index in [-0.39, 0.29) is 23.9 Å². The zero-order valence-electron chi connectivity index (χ0n) is 24.1. The molecule has 0 unspecified atom stereocenters. The van der Waals surface area contributed by atoms with Crippen LogP contribution in [0.5, 0.6) is 11.5 Å². The van der Waals surface area contributed by atoms with Crippen LogP contribution in [0.15, 0.2) is 65.1 Å². The SMILES string of the molecule is CC(=Cc1ccc(O[C@@H]2O[C@H](C(C)=CSCc3ccccc3)[C@@H](O)[C@@H]2O)c(O)c1)C(=O)N[C@@H]1[C@H](O)[C@@H](O)[C@H]2OCO[C@H]2[C@@H]1O. The number of fused-ring (bicyclic) bond motifs is 1. The van der Waals surface area contributed by atoms with E-state index in [0.717, 1.165) is 11.3 Å². The largest absolute Gasteiger partial charge is 0.504 e. The normalized spacial score (nSPS) is 34.1. The van der Waals surface area contributed by atoms with Crippen LogP contribution in [0.2, 0.25) is 0 Å². The number of thioether (sulfide) groups is 1. The van der Waals surface area contributed by atoms with Crippen molar-refractivity contribution in [3.63, 3.8) is 0 Å². The average molecular weight is 632 g/mol. The minimum Gasteiger partial charge on any atom is -0.504 e. The Balaban J connectivity index is 1.18. The highest BCUT2D eigenvalue weighted by molar-refractivity contribution is 8.01. The minimum absolute atomic E-state index is 0.00276. The van der Waals surface area contributed by atoms with Crippen LogP contribution in [0.25, 0.3) is 6.08 Å². The predicted molar refractivity (Wildman–Crippen MR) is 159 cm³/mol. The number of carbonyl (C=O) groups excluding carboxylic acids is 1. The van der Waals surface area contributed by atoms with Crippen molar-refractivity contribution in [2.75, 3.05) is 6.79 Å². The Morgan fingerprint density at radius 1 is 0.955 bits per heavy atom. The second-order valence-corrected chi connectivity index (χ2v) is 11.9. The van der Waals surface area contributed by atoms with Crippen molar-refractivity contribution >= 4 is 23.7 Å². The van der Waals surface area contributed by atoms with Crippen molar-refractivity contribution < 1.29 is 54.4 Å². The topological polar surface area (TPSA) is 187 Å². The number of hydrogen-bond donors (Lipinski definition) is 7. The number of aliphatic hydroxyl groups excluding tert-OH is 5. The molecule has 2 aromatic carbocycles. The molecule has 0 radical (unpaired) electrons. The number of aliphatic hydroxyl groups is 5. The number of amides is 1. The Hall–Kier alpha value is -2.98. The van der Waals surface area contributed by atoms with Gasteiger partial charge in [0.2, 0.25) is 12.2 Å². The van der Waals surface area contributed by atoms with Crippen LogP contribution in [0, 0.1) is 0 Å². The highest BCUT2D eigenvalue weighted by Gasteiger charge is 2.53. The minimum atomic E-state index is -1.48. The number of aromatic hydroxyl groups is 1. The monoisotopic (exact) mass is 631 g/mol. The summed E-state index contributed by atoms with van der Waals surface area (Å²) in [7, 11) is 0. The number of hydrogen-bond acceptors (Lipinski definition) is 12. The smallest absolute Gasteiger partial charge is 0.247 e. The van der Waals surface area contributed by atoms with Gasteiger partial charge in [-0.05, 0) is 54.2 Å². The summed E-state index contributed by atoms with van der Waals surface area (Å²) in [6.07, 6.45) is -9.13. The molecule has 44 heavy (non-hydrogen) atoms. The van der Waals surface area contributed by atoms with Crippen molar-refractivity contribution in [1.29, 1.82) is 0 Å². The lowest BCUT2D eigenvalue weighted by Gasteiger charge is -2.41. The molecular weight excluding hydrogens is 594 g/mol. The fraction of sp³-hybridized carbons (Fsp3) is 0.452. The maximum absolute atomic E-state index is 12.9. The summed E-state index contributed by atoms with van der Waals surface area (Å²) >= 11 is 1.54. The first kappa shape index (κ1) is 32.4. The van der Waals surface area contributed by atoms with Gasteiger partial charge in [-0.2, -0.15) is 0 Å². The second kappa shape index (κ2) is 14.0. The molecule has 2 aliphatic heterocycles. The van der Waals surface area contributed by atoms with E-state index in [1.807, 2.05) is 35.7 Å². The van der Waals surface area contributed by atoms with E-state index in [1.54, 1.807) is 13.0 Å². The zero-order chi connectivity index (χ0) is 31.5. The lowest BCUT2D eigenvalue weighted by molar-refractivity contribution is -0.155. The summed E-state index contributed by atoms with van der Waals surface area (Å²) in [6.45, 7) is 3.16. The molecule has 7 N–H and O–H groups in total. The van der Waals surface area contributed by atoms with Crippen molar-refractivity contribution in [1.82, 2.24) is 5.32 Å². The number of ether oxygens (including phenoxy) is 4. The molecule has 3 fully saturated rings. The van der Waals surface area contributed by atoms with Gasteiger partial charge in [0.25, 0.3) is 0 Å². The molecule has 2 heterocycles. The second-order valence-electron chi connectivity index (χ2n) is 11.1. The molecule has 2 saturated heterocycles. The molecule has 5 rings (SSSR count). The third-order valence-corrected chi connectivity index (χ3v) is 8.94. The number of rotatable bonds is 9. The summed E-state index contributed by atoms with van der Waals surface area (Å²) in [6, 6.07) is 13.0. The Labute approximate surface area is 258 Å². The third kappa shape index (κ3) is 6.96. The van der Waals surface area contributed by atoms with Crippen LogP contribution >= 0.6 is 11.8 Å². The van der Waals surface area contributed by atoms with Gasteiger partial charge in [0.15, 0.2) is 11.5 Å². The molecule has 12 nitrogen and oxygen atoms in total. The van der Waals surface area contributed by atoms with Gasteiger partial charge in [-0.1, -0.05) is 36.4 Å². The zero-order valence-corrected chi connectivity index (χ0v) is 24.9. The van der Waals surface area contributed by atoms with Gasteiger partial charge in [-0.3, -0.25) is 4.79 Å². The third-order valence-electron chi connectivity index (χ3n) is 7.90. The van der Waals surface area contributed by atoms with Crippen LogP contribution in [0.1, 0.15) is 25.0 Å². The Bertz CT molecular complexity index is 1370. The van der Waals surface area contributed by atoms with Gasteiger partial charge in [0.05, 0.1) is 6.04 Å². The first-order valence-electron chi connectivity index (χ1n) is 14.1. The summed E-state index contributed by atoms with van der Waals surface area (Å²) in [5.41, 5.74) is 2.48. The van der Waals surface area contributed by atoms with Crippen molar-refractivity contribution in [2.24, 2.45) is 0 Å². The van der Waals surface area contributed by atoms with Crippen LogP contribution < -0.4 is 10.1 Å². The van der Waals surface area contributed by atoms with Crippen molar-refractivity contribution in [3.8, 4) is 11.5 Å². The fourth-order valence-electron chi connectivity index (χ4n) is 5.42.